The standard InChI is InChI=1S/C8H7BrN2O3/c1-3-4-14-11-7(12)6(9)5(2)10-8(11)13/h1H,4H2,2H3,(H,10,13). The Bertz CT molecular complexity index is 495. The van der Waals surface area contributed by atoms with Gasteiger partial charge in [-0.1, -0.05) is 10.7 Å². The van der Waals surface area contributed by atoms with E-state index in [1.165, 1.54) is 0 Å². The molecule has 0 aliphatic carbocycles. The van der Waals surface area contributed by atoms with Crippen LogP contribution in [0.4, 0.5) is 0 Å². The monoisotopic (exact) mass is 258 g/mol. The lowest BCUT2D eigenvalue weighted by Crippen LogP contribution is -2.41. The van der Waals surface area contributed by atoms with Crippen molar-refractivity contribution in [2.75, 3.05) is 6.61 Å². The quantitative estimate of drug-likeness (QED) is 0.739. The lowest BCUT2D eigenvalue weighted by Gasteiger charge is -2.05. The summed E-state index contributed by atoms with van der Waals surface area (Å²) in [6.07, 6.45) is 4.93. The fourth-order valence-electron chi connectivity index (χ4n) is 0.827. The average molecular weight is 259 g/mol. The molecule has 0 radical (unpaired) electrons. The van der Waals surface area contributed by atoms with Gasteiger partial charge in [0.15, 0.2) is 6.61 Å². The van der Waals surface area contributed by atoms with Crippen LogP contribution in [0, 0.1) is 19.3 Å². The molecule has 0 spiro atoms. The Morgan fingerprint density at radius 2 is 2.29 bits per heavy atom. The average Bonchev–Trinajstić information content (AvgIpc) is 2.14. The summed E-state index contributed by atoms with van der Waals surface area (Å²) in [5.74, 6) is 2.15. The first-order chi connectivity index (χ1) is 6.57. The van der Waals surface area contributed by atoms with Gasteiger partial charge in [-0.05, 0) is 22.9 Å². The van der Waals surface area contributed by atoms with E-state index in [-0.39, 0.29) is 11.1 Å². The van der Waals surface area contributed by atoms with Gasteiger partial charge >= 0.3 is 11.2 Å². The minimum atomic E-state index is -0.647. The van der Waals surface area contributed by atoms with Crippen LogP contribution in [0.25, 0.3) is 0 Å². The molecule has 1 heterocycles. The molecule has 0 aromatic carbocycles. The van der Waals surface area contributed by atoms with Gasteiger partial charge in [0.25, 0.3) is 0 Å². The van der Waals surface area contributed by atoms with Crippen LogP contribution in [0.15, 0.2) is 14.1 Å². The molecule has 0 aliphatic rings. The Hall–Kier alpha value is -1.48. The first-order valence-electron chi connectivity index (χ1n) is 3.66. The van der Waals surface area contributed by atoms with Crippen molar-refractivity contribution in [1.29, 1.82) is 0 Å². The highest BCUT2D eigenvalue weighted by atomic mass is 79.9. The molecule has 1 N–H and O–H groups in total. The molecule has 1 aromatic rings. The van der Waals surface area contributed by atoms with Crippen molar-refractivity contribution >= 4 is 15.9 Å². The molecule has 6 heteroatoms. The molecule has 74 valence electrons. The van der Waals surface area contributed by atoms with E-state index < -0.39 is 11.2 Å². The molecule has 0 fully saturated rings. The second-order valence-corrected chi connectivity index (χ2v) is 3.24. The first kappa shape index (κ1) is 10.6. The van der Waals surface area contributed by atoms with Crippen LogP contribution in [-0.2, 0) is 0 Å². The van der Waals surface area contributed by atoms with Crippen LogP contribution in [0.1, 0.15) is 5.69 Å². The van der Waals surface area contributed by atoms with Crippen molar-refractivity contribution in [2.24, 2.45) is 0 Å². The van der Waals surface area contributed by atoms with Crippen molar-refractivity contribution < 1.29 is 4.84 Å². The number of aryl methyl sites for hydroxylation is 1. The smallest absolute Gasteiger partial charge is 0.362 e. The molecule has 0 unspecified atom stereocenters. The van der Waals surface area contributed by atoms with E-state index in [9.17, 15) is 9.59 Å². The minimum Gasteiger partial charge on any atom is -0.393 e. The van der Waals surface area contributed by atoms with Gasteiger partial charge in [-0.2, -0.15) is 0 Å². The number of terminal acetylenes is 1. The normalized spacial score (nSPS) is 9.50. The van der Waals surface area contributed by atoms with Gasteiger partial charge in [-0.15, -0.1) is 6.42 Å². The van der Waals surface area contributed by atoms with E-state index in [0.29, 0.717) is 10.4 Å². The highest BCUT2D eigenvalue weighted by molar-refractivity contribution is 9.10. The van der Waals surface area contributed by atoms with Crippen LogP contribution in [-0.4, -0.2) is 16.3 Å². The number of hydrogen-bond donors (Lipinski definition) is 1. The third-order valence-corrected chi connectivity index (χ3v) is 2.39. The molecule has 0 bridgehead atoms. The van der Waals surface area contributed by atoms with Crippen LogP contribution in [0.5, 0.6) is 0 Å². The first-order valence-corrected chi connectivity index (χ1v) is 4.45. The molecule has 14 heavy (non-hydrogen) atoms. The highest BCUT2D eigenvalue weighted by Crippen LogP contribution is 2.03. The minimum absolute atomic E-state index is 0.140. The van der Waals surface area contributed by atoms with E-state index in [0.717, 1.165) is 0 Å². The molecule has 0 saturated heterocycles. The zero-order chi connectivity index (χ0) is 10.7. The number of aromatic nitrogens is 2. The summed E-state index contributed by atoms with van der Waals surface area (Å²) in [7, 11) is 0. The Morgan fingerprint density at radius 1 is 1.64 bits per heavy atom. The lowest BCUT2D eigenvalue weighted by molar-refractivity contribution is 0.117. The number of hydrogen-bond acceptors (Lipinski definition) is 3. The van der Waals surface area contributed by atoms with Gasteiger partial charge in [-0.25, -0.2) is 4.79 Å². The van der Waals surface area contributed by atoms with Gasteiger partial charge in [0.2, 0.25) is 0 Å². The summed E-state index contributed by atoms with van der Waals surface area (Å²) < 4.78 is 0.825. The number of aromatic amines is 1. The maximum absolute atomic E-state index is 11.4. The predicted molar refractivity (Wildman–Crippen MR) is 54.0 cm³/mol. The number of nitrogens with zero attached hydrogens (tertiary/aromatic N) is 1. The fourth-order valence-corrected chi connectivity index (χ4v) is 1.09. The van der Waals surface area contributed by atoms with Gasteiger partial charge in [-0.3, -0.25) is 4.79 Å². The second-order valence-electron chi connectivity index (χ2n) is 2.45. The number of H-pyrrole nitrogens is 1. The van der Waals surface area contributed by atoms with Crippen LogP contribution in [0.2, 0.25) is 0 Å². The summed E-state index contributed by atoms with van der Waals surface area (Å²) in [5, 5.41) is 0. The van der Waals surface area contributed by atoms with Gasteiger partial charge < -0.3 is 9.82 Å². The van der Waals surface area contributed by atoms with E-state index in [1.807, 2.05) is 0 Å². The largest absolute Gasteiger partial charge is 0.393 e. The Labute approximate surface area is 87.8 Å². The summed E-state index contributed by atoms with van der Waals surface area (Å²) in [4.78, 5) is 29.8. The summed E-state index contributed by atoms with van der Waals surface area (Å²) in [6.45, 7) is 1.46. The lowest BCUT2D eigenvalue weighted by atomic mass is 10.5. The van der Waals surface area contributed by atoms with Crippen LogP contribution >= 0.6 is 15.9 Å². The maximum Gasteiger partial charge on any atom is 0.362 e. The molecule has 5 nitrogen and oxygen atoms in total. The maximum atomic E-state index is 11.4. The zero-order valence-electron chi connectivity index (χ0n) is 7.33. The van der Waals surface area contributed by atoms with Crippen molar-refractivity contribution in [3.05, 3.63) is 31.0 Å². The second kappa shape index (κ2) is 4.15. The van der Waals surface area contributed by atoms with E-state index in [4.69, 9.17) is 11.3 Å². The Kier molecular flexibility index (Phi) is 3.14. The molecular weight excluding hydrogens is 252 g/mol. The third-order valence-electron chi connectivity index (χ3n) is 1.46. The molecule has 1 aromatic heterocycles. The summed E-state index contributed by atoms with van der Waals surface area (Å²) >= 11 is 3.02. The number of nitrogens with one attached hydrogen (secondary N) is 1. The molecule has 1 rings (SSSR count). The van der Waals surface area contributed by atoms with Crippen molar-refractivity contribution in [3.63, 3.8) is 0 Å². The summed E-state index contributed by atoms with van der Waals surface area (Å²) in [6, 6.07) is 0. The van der Waals surface area contributed by atoms with Gasteiger partial charge in [0.1, 0.15) is 4.47 Å². The predicted octanol–water partition coefficient (Wildman–Crippen LogP) is -0.331. The molecule has 0 aliphatic heterocycles. The van der Waals surface area contributed by atoms with Gasteiger partial charge in [0.05, 0.1) is 0 Å². The van der Waals surface area contributed by atoms with Gasteiger partial charge in [0, 0.05) is 5.69 Å². The molecule has 0 atom stereocenters. The van der Waals surface area contributed by atoms with Crippen molar-refractivity contribution in [2.45, 2.75) is 6.92 Å². The highest BCUT2D eigenvalue weighted by Gasteiger charge is 2.08. The Morgan fingerprint density at radius 3 is 2.86 bits per heavy atom. The zero-order valence-corrected chi connectivity index (χ0v) is 8.92. The van der Waals surface area contributed by atoms with E-state index in [1.54, 1.807) is 6.92 Å². The SMILES string of the molecule is C#CCOn1c(=O)[nH]c(C)c(Br)c1=O. The van der Waals surface area contributed by atoms with Crippen LogP contribution in [0.3, 0.4) is 0 Å². The molecular formula is C8H7BrN2O3. The molecule has 0 amide bonds. The fraction of sp³-hybridized carbons (Fsp3) is 0.250. The van der Waals surface area contributed by atoms with E-state index in [2.05, 4.69) is 26.8 Å². The van der Waals surface area contributed by atoms with Crippen LogP contribution < -0.4 is 16.1 Å². The topological polar surface area (TPSA) is 64.1 Å². The van der Waals surface area contributed by atoms with E-state index >= 15 is 0 Å². The Balaban J connectivity index is 3.32. The third kappa shape index (κ3) is 1.88. The van der Waals surface area contributed by atoms with Crippen molar-refractivity contribution in [3.8, 4) is 12.3 Å². The summed E-state index contributed by atoms with van der Waals surface area (Å²) in [5.41, 5.74) is -0.770. The molecule has 0 saturated carbocycles. The van der Waals surface area contributed by atoms with Crippen molar-refractivity contribution in [1.82, 2.24) is 9.71 Å². The number of rotatable bonds is 2. The number of halogens is 1.